The van der Waals surface area contributed by atoms with E-state index in [4.69, 9.17) is 0 Å². The van der Waals surface area contributed by atoms with Gasteiger partial charge in [-0.3, -0.25) is 9.59 Å². The lowest BCUT2D eigenvalue weighted by Gasteiger charge is -2.27. The first kappa shape index (κ1) is 25.7. The van der Waals surface area contributed by atoms with Crippen molar-refractivity contribution in [1.29, 1.82) is 0 Å². The monoisotopic (exact) mass is 546 g/mol. The molecule has 42 heavy (non-hydrogen) atoms. The highest BCUT2D eigenvalue weighted by molar-refractivity contribution is 6.32. The van der Waals surface area contributed by atoms with Crippen LogP contribution >= 0.6 is 0 Å². The molecule has 204 valence electrons. The number of nitrogens with one attached hydrogen (secondary N) is 2. The Bertz CT molecular complexity index is 1870. The molecule has 0 amide bonds. The molecule has 1 aliphatic carbocycles. The summed E-state index contributed by atoms with van der Waals surface area (Å²) >= 11 is 0. The van der Waals surface area contributed by atoms with E-state index in [-0.39, 0.29) is 23.7 Å². The van der Waals surface area contributed by atoms with Gasteiger partial charge in [-0.05, 0) is 58.7 Å². The normalized spacial score (nSPS) is 13.9. The van der Waals surface area contributed by atoms with Crippen molar-refractivity contribution in [2.75, 3.05) is 10.6 Å². The molecule has 0 radical (unpaired) electrons. The van der Waals surface area contributed by atoms with Gasteiger partial charge in [-0.2, -0.15) is 0 Å². The molecule has 0 fully saturated rings. The quantitative estimate of drug-likeness (QED) is 0.218. The van der Waals surface area contributed by atoms with Crippen LogP contribution < -0.4 is 10.6 Å². The Hall–Kier alpha value is -5.22. The summed E-state index contributed by atoms with van der Waals surface area (Å²) in [4.78, 5) is 28.1. The minimum atomic E-state index is -0.144. The minimum Gasteiger partial charge on any atom is -0.378 e. The highest BCUT2D eigenvalue weighted by Gasteiger charge is 2.34. The first-order chi connectivity index (χ1) is 20.5. The molecule has 4 nitrogen and oxygen atoms in total. The summed E-state index contributed by atoms with van der Waals surface area (Å²) in [6, 6.07) is 39.9. The fourth-order valence-electron chi connectivity index (χ4n) is 6.34. The zero-order valence-corrected chi connectivity index (χ0v) is 23.5. The third-order valence-corrected chi connectivity index (χ3v) is 8.40. The number of benzene rings is 6. The van der Waals surface area contributed by atoms with Crippen LogP contribution in [0.2, 0.25) is 0 Å². The highest BCUT2D eigenvalue weighted by atomic mass is 16.1. The summed E-state index contributed by atoms with van der Waals surface area (Å²) in [6.07, 6.45) is 0. The van der Waals surface area contributed by atoms with Crippen molar-refractivity contribution in [2.24, 2.45) is 0 Å². The number of hydrogen-bond acceptors (Lipinski definition) is 4. The number of hydrogen-bond donors (Lipinski definition) is 2. The lowest BCUT2D eigenvalue weighted by molar-refractivity contribution is 0.0980. The fraction of sp³-hybridized carbons (Fsp3) is 0.105. The first-order valence-electron chi connectivity index (χ1n) is 14.3. The van der Waals surface area contributed by atoms with E-state index < -0.39 is 0 Å². The van der Waals surface area contributed by atoms with Crippen LogP contribution in [0, 0.1) is 0 Å². The topological polar surface area (TPSA) is 58.2 Å². The van der Waals surface area contributed by atoms with Gasteiger partial charge in [0.05, 0.1) is 11.1 Å². The predicted octanol–water partition coefficient (Wildman–Crippen LogP) is 9.11. The molecular weight excluding hydrogens is 516 g/mol. The summed E-state index contributed by atoms with van der Waals surface area (Å²) in [5.74, 6) is -0.288. The molecular formula is C38H30N2O2. The molecule has 0 bridgehead atoms. The molecule has 4 heteroatoms. The second-order valence-corrected chi connectivity index (χ2v) is 11.0. The lowest BCUT2D eigenvalue weighted by atomic mass is 9.82. The fourth-order valence-corrected chi connectivity index (χ4v) is 6.34. The largest absolute Gasteiger partial charge is 0.378 e. The number of rotatable bonds is 6. The molecule has 6 aromatic rings. The average Bonchev–Trinajstić information content (AvgIpc) is 3.03. The van der Waals surface area contributed by atoms with Crippen LogP contribution in [-0.4, -0.2) is 11.6 Å². The first-order valence-corrected chi connectivity index (χ1v) is 14.3. The number of fused-ring (bicyclic) bond motifs is 4. The van der Waals surface area contributed by atoms with Crippen LogP contribution in [-0.2, 0) is 0 Å². The van der Waals surface area contributed by atoms with Gasteiger partial charge in [0.25, 0.3) is 0 Å². The van der Waals surface area contributed by atoms with Crippen LogP contribution in [0.4, 0.5) is 11.4 Å². The van der Waals surface area contributed by atoms with Crippen LogP contribution in [0.15, 0.2) is 121 Å². The molecule has 2 atom stereocenters. The number of carbonyl (C=O) groups excluding carboxylic acids is 2. The maximum absolute atomic E-state index is 14.1. The maximum Gasteiger partial charge on any atom is 0.196 e. The standard InChI is InChI=1S/C38H30N2O2/c1-23(27-19-9-13-25-11-3-5-15-29(25)27)39-33-21-22-34(36-35(33)37(41)31-17-7-8-18-32(31)38(36)42)40-24(2)28-20-10-14-26-12-4-6-16-30(26)28/h3-24,39-40H,1-2H3/t23-,24-/m0/s1. The van der Waals surface area contributed by atoms with Gasteiger partial charge < -0.3 is 10.6 Å². The molecule has 0 aliphatic heterocycles. The van der Waals surface area contributed by atoms with E-state index in [1.54, 1.807) is 12.1 Å². The van der Waals surface area contributed by atoms with E-state index in [1.165, 1.54) is 0 Å². The van der Waals surface area contributed by atoms with E-state index >= 15 is 0 Å². The van der Waals surface area contributed by atoms with E-state index in [9.17, 15) is 9.59 Å². The lowest BCUT2D eigenvalue weighted by Crippen LogP contribution is -2.25. The summed E-state index contributed by atoms with van der Waals surface area (Å²) in [7, 11) is 0. The second kappa shape index (κ2) is 10.3. The van der Waals surface area contributed by atoms with Crippen molar-refractivity contribution < 1.29 is 9.59 Å². The molecule has 0 saturated carbocycles. The molecule has 2 N–H and O–H groups in total. The number of ketones is 2. The van der Waals surface area contributed by atoms with Gasteiger partial charge in [-0.1, -0.05) is 109 Å². The second-order valence-electron chi connectivity index (χ2n) is 11.0. The van der Waals surface area contributed by atoms with Gasteiger partial charge in [-0.25, -0.2) is 0 Å². The third-order valence-electron chi connectivity index (χ3n) is 8.40. The van der Waals surface area contributed by atoms with Crippen LogP contribution in [0.3, 0.4) is 0 Å². The van der Waals surface area contributed by atoms with E-state index in [0.717, 1.165) is 32.7 Å². The Balaban J connectivity index is 1.33. The molecule has 0 saturated heterocycles. The Kier molecular flexibility index (Phi) is 6.32. The van der Waals surface area contributed by atoms with Gasteiger partial charge >= 0.3 is 0 Å². The highest BCUT2D eigenvalue weighted by Crippen LogP contribution is 2.39. The van der Waals surface area contributed by atoms with Crippen molar-refractivity contribution in [3.05, 3.63) is 155 Å². The van der Waals surface area contributed by atoms with Crippen molar-refractivity contribution in [3.63, 3.8) is 0 Å². The Morgan fingerprint density at radius 2 is 0.833 bits per heavy atom. The van der Waals surface area contributed by atoms with Gasteiger partial charge in [0.15, 0.2) is 11.6 Å². The molecule has 0 spiro atoms. The van der Waals surface area contributed by atoms with Crippen molar-refractivity contribution in [2.45, 2.75) is 25.9 Å². The Morgan fingerprint density at radius 1 is 0.452 bits per heavy atom. The van der Waals surface area contributed by atoms with Crippen LogP contribution in [0.25, 0.3) is 21.5 Å². The smallest absolute Gasteiger partial charge is 0.196 e. The summed E-state index contributed by atoms with van der Waals surface area (Å²) < 4.78 is 0. The van der Waals surface area contributed by atoms with Crippen molar-refractivity contribution in [3.8, 4) is 0 Å². The molecule has 0 heterocycles. The molecule has 0 unspecified atom stereocenters. The molecule has 0 aromatic heterocycles. The summed E-state index contributed by atoms with van der Waals surface area (Å²) in [5.41, 5.74) is 5.28. The summed E-state index contributed by atoms with van der Waals surface area (Å²) in [6.45, 7) is 4.18. The van der Waals surface area contributed by atoms with Gasteiger partial charge in [0, 0.05) is 34.6 Å². The van der Waals surface area contributed by atoms with Crippen LogP contribution in [0.1, 0.15) is 68.9 Å². The van der Waals surface area contributed by atoms with E-state index in [1.807, 2.05) is 48.5 Å². The Morgan fingerprint density at radius 3 is 1.29 bits per heavy atom. The third kappa shape index (κ3) is 4.24. The molecule has 1 aliphatic rings. The zero-order valence-electron chi connectivity index (χ0n) is 23.5. The molecule has 6 aromatic carbocycles. The Labute approximate surface area is 245 Å². The maximum atomic E-state index is 14.1. The SMILES string of the molecule is C[C@H](Nc1ccc(N[C@@H](C)c2cccc3ccccc23)c2c1C(=O)c1ccccc1C2=O)c1cccc2ccccc12. The van der Waals surface area contributed by atoms with Crippen molar-refractivity contribution >= 4 is 44.5 Å². The van der Waals surface area contributed by atoms with E-state index in [0.29, 0.717) is 33.6 Å². The predicted molar refractivity (Wildman–Crippen MR) is 172 cm³/mol. The van der Waals surface area contributed by atoms with Gasteiger partial charge in [0.2, 0.25) is 0 Å². The number of carbonyl (C=O) groups is 2. The van der Waals surface area contributed by atoms with Crippen molar-refractivity contribution in [1.82, 2.24) is 0 Å². The number of anilines is 2. The summed E-state index contributed by atoms with van der Waals surface area (Å²) in [5, 5.41) is 11.8. The minimum absolute atomic E-state index is 0.103. The van der Waals surface area contributed by atoms with Gasteiger partial charge in [-0.15, -0.1) is 0 Å². The zero-order chi connectivity index (χ0) is 28.8. The van der Waals surface area contributed by atoms with Crippen LogP contribution in [0.5, 0.6) is 0 Å². The molecule has 7 rings (SSSR count). The average molecular weight is 547 g/mol. The van der Waals surface area contributed by atoms with E-state index in [2.05, 4.69) is 85.1 Å². The van der Waals surface area contributed by atoms with Gasteiger partial charge in [0.1, 0.15) is 0 Å².